The third kappa shape index (κ3) is 4.35. The van der Waals surface area contributed by atoms with Gasteiger partial charge in [-0.2, -0.15) is 0 Å². The number of hydrogen-bond acceptors (Lipinski definition) is 2. The average Bonchev–Trinajstić information content (AvgIpc) is 2.36. The van der Waals surface area contributed by atoms with Gasteiger partial charge >= 0.3 is 0 Å². The van der Waals surface area contributed by atoms with E-state index in [-0.39, 0.29) is 17.4 Å². The minimum atomic E-state index is -0.390. The van der Waals surface area contributed by atoms with Crippen LogP contribution < -0.4 is 5.73 Å². The topological polar surface area (TPSA) is 46.3 Å². The quantitative estimate of drug-likeness (QED) is 0.907. The van der Waals surface area contributed by atoms with Crippen LogP contribution in [0.1, 0.15) is 45.2 Å². The molecular formula is C16H26N2O. The molecule has 1 unspecified atom stereocenters. The molecule has 0 aromatic heterocycles. The Bertz CT molecular complexity index is 417. The lowest BCUT2D eigenvalue weighted by Crippen LogP contribution is -2.40. The molecule has 106 valence electrons. The molecule has 0 saturated heterocycles. The molecule has 0 fully saturated rings. The minimum absolute atomic E-state index is 0.00222. The highest BCUT2D eigenvalue weighted by Crippen LogP contribution is 2.22. The second-order valence-corrected chi connectivity index (χ2v) is 6.16. The molecule has 1 amide bonds. The number of amides is 1. The highest BCUT2D eigenvalue weighted by molar-refractivity contribution is 5.81. The van der Waals surface area contributed by atoms with Gasteiger partial charge in [0, 0.05) is 13.6 Å². The Kier molecular flexibility index (Phi) is 5.12. The lowest BCUT2D eigenvalue weighted by molar-refractivity contribution is -0.131. The van der Waals surface area contributed by atoms with Crippen LogP contribution >= 0.6 is 0 Å². The normalized spacial score (nSPS) is 13.2. The van der Waals surface area contributed by atoms with Crippen LogP contribution in [0.3, 0.4) is 0 Å². The number of rotatable bonds is 4. The first kappa shape index (κ1) is 15.7. The van der Waals surface area contributed by atoms with Crippen molar-refractivity contribution in [1.29, 1.82) is 0 Å². The lowest BCUT2D eigenvalue weighted by Gasteiger charge is -2.22. The number of nitrogens with two attached hydrogens (primary N) is 1. The Morgan fingerprint density at radius 1 is 1.26 bits per heavy atom. The Hall–Kier alpha value is -1.35. The molecule has 0 aliphatic carbocycles. The number of carbonyl (C=O) groups is 1. The Balaban J connectivity index is 2.71. The maximum absolute atomic E-state index is 11.9. The molecule has 1 aromatic carbocycles. The zero-order valence-corrected chi connectivity index (χ0v) is 12.7. The zero-order chi connectivity index (χ0) is 14.6. The van der Waals surface area contributed by atoms with Crippen LogP contribution in [0.5, 0.6) is 0 Å². The molecule has 1 atom stereocenters. The molecule has 0 bridgehead atoms. The Morgan fingerprint density at radius 3 is 2.21 bits per heavy atom. The van der Waals surface area contributed by atoms with Crippen molar-refractivity contribution >= 4 is 5.91 Å². The molecular weight excluding hydrogens is 236 g/mol. The van der Waals surface area contributed by atoms with E-state index in [1.165, 1.54) is 5.56 Å². The molecule has 1 aromatic rings. The van der Waals surface area contributed by atoms with Gasteiger partial charge in [0.2, 0.25) is 5.91 Å². The van der Waals surface area contributed by atoms with Crippen LogP contribution in [-0.4, -0.2) is 23.9 Å². The number of likely N-dealkylation sites (N-methyl/N-ethyl adjacent to an activating group) is 1. The minimum Gasteiger partial charge on any atom is -0.340 e. The second-order valence-electron chi connectivity index (χ2n) is 6.16. The number of benzene rings is 1. The van der Waals surface area contributed by atoms with E-state index < -0.39 is 0 Å². The smallest absolute Gasteiger partial charge is 0.239 e. The molecule has 0 heterocycles. The summed E-state index contributed by atoms with van der Waals surface area (Å²) in [4.78, 5) is 13.6. The predicted octanol–water partition coefficient (Wildman–Crippen LogP) is 2.68. The molecule has 1 rings (SSSR count). The van der Waals surface area contributed by atoms with Gasteiger partial charge in [0.1, 0.15) is 0 Å². The van der Waals surface area contributed by atoms with Crippen LogP contribution in [0.25, 0.3) is 0 Å². The van der Waals surface area contributed by atoms with E-state index in [9.17, 15) is 4.79 Å². The molecule has 0 aliphatic rings. The van der Waals surface area contributed by atoms with Crippen molar-refractivity contribution in [3.63, 3.8) is 0 Å². The average molecular weight is 262 g/mol. The SMILES string of the molecule is CCC(N)C(=O)N(C)Cc1ccc(C(C)(C)C)cc1. The summed E-state index contributed by atoms with van der Waals surface area (Å²) in [6.07, 6.45) is 0.673. The first-order chi connectivity index (χ1) is 8.75. The number of carbonyl (C=O) groups excluding carboxylic acids is 1. The summed E-state index contributed by atoms with van der Waals surface area (Å²) in [6.45, 7) is 9.11. The van der Waals surface area contributed by atoms with Gasteiger partial charge in [-0.25, -0.2) is 0 Å². The van der Waals surface area contributed by atoms with Crippen molar-refractivity contribution in [2.45, 2.75) is 52.1 Å². The third-order valence-electron chi connectivity index (χ3n) is 3.37. The predicted molar refractivity (Wildman–Crippen MR) is 79.9 cm³/mol. The summed E-state index contributed by atoms with van der Waals surface area (Å²) < 4.78 is 0. The third-order valence-corrected chi connectivity index (χ3v) is 3.37. The largest absolute Gasteiger partial charge is 0.340 e. The molecule has 3 nitrogen and oxygen atoms in total. The highest BCUT2D eigenvalue weighted by atomic mass is 16.2. The van der Waals surface area contributed by atoms with Gasteiger partial charge in [0.25, 0.3) is 0 Å². The first-order valence-corrected chi connectivity index (χ1v) is 6.85. The fraction of sp³-hybridized carbons (Fsp3) is 0.562. The number of nitrogens with zero attached hydrogens (tertiary/aromatic N) is 1. The van der Waals surface area contributed by atoms with E-state index >= 15 is 0 Å². The summed E-state index contributed by atoms with van der Waals surface area (Å²) in [6, 6.07) is 8.05. The molecule has 0 aliphatic heterocycles. The van der Waals surface area contributed by atoms with Gasteiger partial charge in [0.15, 0.2) is 0 Å². The van der Waals surface area contributed by atoms with E-state index in [1.807, 2.05) is 6.92 Å². The van der Waals surface area contributed by atoms with Crippen LogP contribution in [-0.2, 0) is 16.8 Å². The van der Waals surface area contributed by atoms with E-state index in [0.29, 0.717) is 13.0 Å². The summed E-state index contributed by atoms with van der Waals surface area (Å²) in [5.74, 6) is 0.00222. The molecule has 0 radical (unpaired) electrons. The van der Waals surface area contributed by atoms with Crippen LogP contribution in [0, 0.1) is 0 Å². The van der Waals surface area contributed by atoms with Crippen molar-refractivity contribution in [3.8, 4) is 0 Å². The van der Waals surface area contributed by atoms with Crippen molar-refractivity contribution in [3.05, 3.63) is 35.4 Å². The maximum Gasteiger partial charge on any atom is 0.239 e. The zero-order valence-electron chi connectivity index (χ0n) is 12.7. The summed E-state index contributed by atoms with van der Waals surface area (Å²) in [7, 11) is 1.80. The van der Waals surface area contributed by atoms with Crippen molar-refractivity contribution < 1.29 is 4.79 Å². The maximum atomic E-state index is 11.9. The van der Waals surface area contributed by atoms with Gasteiger partial charge < -0.3 is 10.6 Å². The van der Waals surface area contributed by atoms with Gasteiger partial charge in [-0.15, -0.1) is 0 Å². The summed E-state index contributed by atoms with van der Waals surface area (Å²) in [5.41, 5.74) is 8.35. The van der Waals surface area contributed by atoms with Crippen molar-refractivity contribution in [2.75, 3.05) is 7.05 Å². The van der Waals surface area contributed by atoms with Gasteiger partial charge in [-0.1, -0.05) is 52.0 Å². The standard InChI is InChI=1S/C16H26N2O/c1-6-14(17)15(19)18(5)11-12-7-9-13(10-8-12)16(2,3)4/h7-10,14H,6,11,17H2,1-5H3. The molecule has 0 spiro atoms. The van der Waals surface area contributed by atoms with Gasteiger partial charge in [-0.05, 0) is 23.0 Å². The van der Waals surface area contributed by atoms with E-state index in [4.69, 9.17) is 5.73 Å². The molecule has 2 N–H and O–H groups in total. The monoisotopic (exact) mass is 262 g/mol. The van der Waals surface area contributed by atoms with Gasteiger partial charge in [-0.3, -0.25) is 4.79 Å². The van der Waals surface area contributed by atoms with Crippen LogP contribution in [0.15, 0.2) is 24.3 Å². The van der Waals surface area contributed by atoms with E-state index in [1.54, 1.807) is 11.9 Å². The van der Waals surface area contributed by atoms with Crippen LogP contribution in [0.2, 0.25) is 0 Å². The lowest BCUT2D eigenvalue weighted by atomic mass is 9.87. The van der Waals surface area contributed by atoms with Crippen LogP contribution in [0.4, 0.5) is 0 Å². The summed E-state index contributed by atoms with van der Waals surface area (Å²) in [5, 5.41) is 0. The molecule has 19 heavy (non-hydrogen) atoms. The summed E-state index contributed by atoms with van der Waals surface area (Å²) >= 11 is 0. The first-order valence-electron chi connectivity index (χ1n) is 6.85. The number of hydrogen-bond donors (Lipinski definition) is 1. The van der Waals surface area contributed by atoms with Gasteiger partial charge in [0.05, 0.1) is 6.04 Å². The molecule has 0 saturated carbocycles. The van der Waals surface area contributed by atoms with Crippen molar-refractivity contribution in [2.24, 2.45) is 5.73 Å². The highest BCUT2D eigenvalue weighted by Gasteiger charge is 2.17. The van der Waals surface area contributed by atoms with Crippen molar-refractivity contribution in [1.82, 2.24) is 4.90 Å². The Labute approximate surface area is 116 Å². The van der Waals surface area contributed by atoms with E-state index in [0.717, 1.165) is 5.56 Å². The molecule has 3 heteroatoms. The second kappa shape index (κ2) is 6.20. The fourth-order valence-electron chi connectivity index (χ4n) is 1.92. The Morgan fingerprint density at radius 2 is 1.79 bits per heavy atom. The van der Waals surface area contributed by atoms with E-state index in [2.05, 4.69) is 45.0 Å². The fourth-order valence-corrected chi connectivity index (χ4v) is 1.92.